The number of anilines is 1. The zero-order chi connectivity index (χ0) is 16.9. The summed E-state index contributed by atoms with van der Waals surface area (Å²) >= 11 is 0. The van der Waals surface area contributed by atoms with Gasteiger partial charge in [-0.2, -0.15) is 0 Å². The van der Waals surface area contributed by atoms with Gasteiger partial charge in [0, 0.05) is 23.5 Å². The molecular weight excluding hydrogens is 304 g/mol. The molecule has 24 heavy (non-hydrogen) atoms. The maximum Gasteiger partial charge on any atom is 0.243 e. The van der Waals surface area contributed by atoms with Crippen LogP contribution in [0.1, 0.15) is 11.3 Å². The molecule has 0 amide bonds. The second-order valence-corrected chi connectivity index (χ2v) is 4.85. The van der Waals surface area contributed by atoms with E-state index in [0.717, 1.165) is 5.56 Å². The van der Waals surface area contributed by atoms with E-state index < -0.39 is 0 Å². The van der Waals surface area contributed by atoms with Gasteiger partial charge in [0.25, 0.3) is 0 Å². The minimum absolute atomic E-state index is 0.0682. The van der Waals surface area contributed by atoms with Gasteiger partial charge >= 0.3 is 0 Å². The molecule has 3 rings (SSSR count). The van der Waals surface area contributed by atoms with Gasteiger partial charge in [-0.05, 0) is 24.3 Å². The van der Waals surface area contributed by atoms with Crippen LogP contribution in [0.5, 0.6) is 0 Å². The van der Waals surface area contributed by atoms with Gasteiger partial charge < -0.3 is 10.5 Å². The molecule has 1 aromatic carbocycles. The highest BCUT2D eigenvalue weighted by Crippen LogP contribution is 2.18. The molecule has 0 spiro atoms. The Hall–Kier alpha value is -3.61. The number of pyridine rings is 1. The number of nitrogen functional groups attached to an aromatic ring is 1. The predicted octanol–water partition coefficient (Wildman–Crippen LogP) is 2.49. The third-order valence-corrected chi connectivity index (χ3v) is 3.23. The van der Waals surface area contributed by atoms with E-state index in [9.17, 15) is 0 Å². The Morgan fingerprint density at radius 2 is 1.67 bits per heavy atom. The minimum Gasteiger partial charge on any atom is -0.419 e. The van der Waals surface area contributed by atoms with E-state index in [1.807, 2.05) is 6.07 Å². The Bertz CT molecular complexity index is 880. The fraction of sp³-hybridized carbons (Fsp3) is 0. The fourth-order valence-corrected chi connectivity index (χ4v) is 2.03. The van der Waals surface area contributed by atoms with Gasteiger partial charge in [0.05, 0.1) is 11.9 Å². The van der Waals surface area contributed by atoms with Gasteiger partial charge in [0.2, 0.25) is 11.8 Å². The zero-order valence-corrected chi connectivity index (χ0v) is 12.6. The first-order valence-electron chi connectivity index (χ1n) is 7.09. The average Bonchev–Trinajstić information content (AvgIpc) is 2.63. The Morgan fingerprint density at radius 1 is 0.958 bits per heavy atom. The molecule has 0 saturated heterocycles. The fourth-order valence-electron chi connectivity index (χ4n) is 2.03. The first kappa shape index (κ1) is 15.3. The molecule has 2 heterocycles. The molecule has 0 fully saturated rings. The van der Waals surface area contributed by atoms with E-state index >= 15 is 0 Å². The van der Waals surface area contributed by atoms with Crippen LogP contribution in [0.2, 0.25) is 0 Å². The van der Waals surface area contributed by atoms with Gasteiger partial charge in [-0.3, -0.25) is 15.8 Å². The lowest BCUT2D eigenvalue weighted by Gasteiger charge is -2.10. The van der Waals surface area contributed by atoms with Crippen LogP contribution >= 0.6 is 0 Å². The van der Waals surface area contributed by atoms with Gasteiger partial charge in [0.1, 0.15) is 0 Å². The molecule has 0 radical (unpaired) electrons. The monoisotopic (exact) mass is 318 g/mol. The zero-order valence-electron chi connectivity index (χ0n) is 12.6. The number of nitrogens with one attached hydrogen (secondary N) is 2. The molecular formula is C17H14N6O. The molecule has 7 heteroatoms. The predicted molar refractivity (Wildman–Crippen MR) is 90.9 cm³/mol. The number of hydrogen-bond acceptors (Lipinski definition) is 7. The van der Waals surface area contributed by atoms with Crippen molar-refractivity contribution >= 4 is 17.6 Å². The van der Waals surface area contributed by atoms with Crippen LogP contribution < -0.4 is 5.73 Å². The highest BCUT2D eigenvalue weighted by Gasteiger charge is 2.15. The molecule has 2 aromatic heterocycles. The topological polar surface area (TPSA) is 122 Å². The number of aromatic nitrogens is 3. The SMILES string of the molecule is N=C(OC(=N)c1nc(-c2ccncc2)cnc1N)c1ccccc1. The van der Waals surface area contributed by atoms with Crippen molar-refractivity contribution in [1.29, 1.82) is 10.8 Å². The third kappa shape index (κ3) is 3.25. The quantitative estimate of drug-likeness (QED) is 0.506. The first-order valence-corrected chi connectivity index (χ1v) is 7.09. The molecule has 0 unspecified atom stereocenters. The van der Waals surface area contributed by atoms with Crippen LogP contribution in [-0.2, 0) is 4.74 Å². The van der Waals surface area contributed by atoms with Gasteiger partial charge in [-0.15, -0.1) is 0 Å². The van der Waals surface area contributed by atoms with Crippen molar-refractivity contribution < 1.29 is 4.74 Å². The lowest BCUT2D eigenvalue weighted by Crippen LogP contribution is -2.17. The molecule has 0 saturated carbocycles. The first-order chi connectivity index (χ1) is 11.6. The summed E-state index contributed by atoms with van der Waals surface area (Å²) in [5, 5.41) is 16.0. The molecule has 0 aliphatic rings. The van der Waals surface area contributed by atoms with Crippen LogP contribution in [0.3, 0.4) is 0 Å². The maximum atomic E-state index is 8.05. The maximum absolute atomic E-state index is 8.05. The number of nitrogens with two attached hydrogens (primary N) is 1. The lowest BCUT2D eigenvalue weighted by atomic mass is 10.2. The Kier molecular flexibility index (Phi) is 4.24. The number of benzene rings is 1. The van der Waals surface area contributed by atoms with E-state index in [-0.39, 0.29) is 23.3 Å². The summed E-state index contributed by atoms with van der Waals surface area (Å²) < 4.78 is 5.27. The molecule has 0 atom stereocenters. The summed E-state index contributed by atoms with van der Waals surface area (Å²) in [4.78, 5) is 12.3. The van der Waals surface area contributed by atoms with Crippen LogP contribution in [0.4, 0.5) is 5.82 Å². The number of rotatable bonds is 3. The van der Waals surface area contributed by atoms with Crippen molar-refractivity contribution in [2.75, 3.05) is 5.73 Å². The van der Waals surface area contributed by atoms with Crippen molar-refractivity contribution in [3.8, 4) is 11.3 Å². The van der Waals surface area contributed by atoms with E-state index in [1.54, 1.807) is 48.8 Å². The molecule has 7 nitrogen and oxygen atoms in total. The number of nitrogens with zero attached hydrogens (tertiary/aromatic N) is 3. The van der Waals surface area contributed by atoms with Crippen LogP contribution in [0, 0.1) is 10.8 Å². The Morgan fingerprint density at radius 3 is 2.38 bits per heavy atom. The second-order valence-electron chi connectivity index (χ2n) is 4.85. The molecule has 0 aliphatic carbocycles. The van der Waals surface area contributed by atoms with E-state index in [4.69, 9.17) is 21.3 Å². The van der Waals surface area contributed by atoms with Crippen LogP contribution in [-0.4, -0.2) is 26.7 Å². The van der Waals surface area contributed by atoms with Gasteiger partial charge in [0.15, 0.2) is 11.5 Å². The van der Waals surface area contributed by atoms with E-state index in [2.05, 4.69) is 15.0 Å². The van der Waals surface area contributed by atoms with Crippen molar-refractivity contribution in [1.82, 2.24) is 15.0 Å². The van der Waals surface area contributed by atoms with Crippen molar-refractivity contribution in [3.05, 3.63) is 72.3 Å². The summed E-state index contributed by atoms with van der Waals surface area (Å²) in [7, 11) is 0. The van der Waals surface area contributed by atoms with E-state index in [1.165, 1.54) is 6.20 Å². The summed E-state index contributed by atoms with van der Waals surface area (Å²) in [6.07, 6.45) is 4.80. The van der Waals surface area contributed by atoms with Crippen molar-refractivity contribution in [2.24, 2.45) is 0 Å². The summed E-state index contributed by atoms with van der Waals surface area (Å²) in [5.41, 5.74) is 7.79. The number of hydrogen-bond donors (Lipinski definition) is 3. The molecule has 0 bridgehead atoms. The second kappa shape index (κ2) is 6.66. The molecule has 3 aromatic rings. The molecule has 118 valence electrons. The summed E-state index contributed by atoms with van der Waals surface area (Å²) in [6, 6.07) is 12.4. The molecule has 0 aliphatic heterocycles. The Balaban J connectivity index is 1.86. The van der Waals surface area contributed by atoms with Gasteiger partial charge in [-0.25, -0.2) is 9.97 Å². The van der Waals surface area contributed by atoms with E-state index in [0.29, 0.717) is 11.3 Å². The van der Waals surface area contributed by atoms with Crippen LogP contribution in [0.25, 0.3) is 11.3 Å². The minimum atomic E-state index is -0.329. The number of ether oxygens (including phenoxy) is 1. The smallest absolute Gasteiger partial charge is 0.243 e. The highest BCUT2D eigenvalue weighted by molar-refractivity contribution is 6.05. The normalized spacial score (nSPS) is 10.2. The third-order valence-electron chi connectivity index (χ3n) is 3.23. The van der Waals surface area contributed by atoms with Gasteiger partial charge in [-0.1, -0.05) is 18.2 Å². The summed E-state index contributed by atoms with van der Waals surface area (Å²) in [5.74, 6) is -0.417. The van der Waals surface area contributed by atoms with Crippen molar-refractivity contribution in [2.45, 2.75) is 0 Å². The standard InChI is InChI=1S/C17H14N6O/c18-15-14(17(20)24-16(19)12-4-2-1-3-5-12)23-13(10-22-15)11-6-8-21-9-7-11/h1-10,19-20H,(H2,18,22). The highest BCUT2D eigenvalue weighted by atomic mass is 16.5. The lowest BCUT2D eigenvalue weighted by molar-refractivity contribution is 0.536. The van der Waals surface area contributed by atoms with Crippen molar-refractivity contribution in [3.63, 3.8) is 0 Å². The summed E-state index contributed by atoms with van der Waals surface area (Å²) in [6.45, 7) is 0. The molecule has 4 N–H and O–H groups in total. The average molecular weight is 318 g/mol. The largest absolute Gasteiger partial charge is 0.419 e. The van der Waals surface area contributed by atoms with Crippen LogP contribution in [0.15, 0.2) is 61.1 Å². The Labute approximate surface area is 138 Å².